The van der Waals surface area contributed by atoms with Crippen LogP contribution < -0.4 is 10.5 Å². The Hall–Kier alpha value is -4.00. The molecule has 4 aromatic rings. The number of nitro benzene ring substituents is 1. The van der Waals surface area contributed by atoms with Crippen molar-refractivity contribution in [2.45, 2.75) is 0 Å². The molecule has 1 aromatic heterocycles. The number of fused-ring (bicyclic) bond motifs is 2. The average molecular weight is 357 g/mol. The van der Waals surface area contributed by atoms with Crippen molar-refractivity contribution in [3.05, 3.63) is 82.5 Å². The van der Waals surface area contributed by atoms with Crippen LogP contribution in [0.25, 0.3) is 21.7 Å². The standard InChI is InChI=1S/C20H14N4O3/c25-20-14(11-18(24(26)27)15-7-1-2-8-16(15)20)12-22-23-17-9-3-5-13-6-4-10-21-19(13)17/h1-12,23,25H/p-1/b22-12-. The molecule has 0 bridgehead atoms. The van der Waals surface area contributed by atoms with Gasteiger partial charge in [0, 0.05) is 17.6 Å². The maximum atomic E-state index is 12.6. The topological polar surface area (TPSA) is 103 Å². The monoisotopic (exact) mass is 357 g/mol. The number of pyridine rings is 1. The molecule has 7 heteroatoms. The zero-order valence-corrected chi connectivity index (χ0v) is 14.0. The van der Waals surface area contributed by atoms with Gasteiger partial charge in [0.15, 0.2) is 0 Å². The summed E-state index contributed by atoms with van der Waals surface area (Å²) < 4.78 is 0. The van der Waals surface area contributed by atoms with Gasteiger partial charge in [-0.1, -0.05) is 42.1 Å². The first kappa shape index (κ1) is 16.5. The highest BCUT2D eigenvalue weighted by molar-refractivity contribution is 6.02. The van der Waals surface area contributed by atoms with E-state index in [1.165, 1.54) is 12.3 Å². The smallest absolute Gasteiger partial charge is 0.277 e. The Morgan fingerprint density at radius 3 is 2.63 bits per heavy atom. The van der Waals surface area contributed by atoms with Crippen LogP contribution in [0.2, 0.25) is 0 Å². The predicted octanol–water partition coefficient (Wildman–Crippen LogP) is 3.82. The Morgan fingerprint density at radius 2 is 1.81 bits per heavy atom. The fraction of sp³-hybridized carbons (Fsp3) is 0. The van der Waals surface area contributed by atoms with Crippen molar-refractivity contribution in [1.82, 2.24) is 4.98 Å². The number of nitro groups is 1. The first-order chi connectivity index (χ1) is 13.1. The van der Waals surface area contributed by atoms with Gasteiger partial charge >= 0.3 is 0 Å². The van der Waals surface area contributed by atoms with Gasteiger partial charge in [0.05, 0.1) is 27.7 Å². The Bertz CT molecular complexity index is 1200. The average Bonchev–Trinajstić information content (AvgIpc) is 2.69. The summed E-state index contributed by atoms with van der Waals surface area (Å²) in [6.45, 7) is 0. The molecule has 1 heterocycles. The molecule has 132 valence electrons. The third-order valence-electron chi connectivity index (χ3n) is 4.22. The van der Waals surface area contributed by atoms with E-state index in [0.717, 1.165) is 10.9 Å². The second kappa shape index (κ2) is 6.72. The number of hydrogen-bond donors (Lipinski definition) is 1. The van der Waals surface area contributed by atoms with Gasteiger partial charge in [-0.25, -0.2) is 0 Å². The van der Waals surface area contributed by atoms with Gasteiger partial charge in [0.25, 0.3) is 5.69 Å². The number of aromatic nitrogens is 1. The summed E-state index contributed by atoms with van der Waals surface area (Å²) in [4.78, 5) is 15.2. The fourth-order valence-corrected chi connectivity index (χ4v) is 2.96. The van der Waals surface area contributed by atoms with Crippen LogP contribution in [-0.2, 0) is 0 Å². The molecule has 0 fully saturated rings. The summed E-state index contributed by atoms with van der Waals surface area (Å²) in [6, 6.07) is 17.1. The van der Waals surface area contributed by atoms with Crippen molar-refractivity contribution in [2.24, 2.45) is 5.10 Å². The Labute approximate surface area is 153 Å². The molecule has 0 aliphatic rings. The van der Waals surface area contributed by atoms with Gasteiger partial charge in [0.1, 0.15) is 0 Å². The van der Waals surface area contributed by atoms with Gasteiger partial charge < -0.3 is 5.11 Å². The van der Waals surface area contributed by atoms with Crippen LogP contribution >= 0.6 is 0 Å². The molecule has 7 nitrogen and oxygen atoms in total. The van der Waals surface area contributed by atoms with Crippen molar-refractivity contribution in [3.8, 4) is 5.75 Å². The van der Waals surface area contributed by atoms with E-state index in [-0.39, 0.29) is 17.0 Å². The number of hydrazone groups is 1. The molecule has 0 saturated carbocycles. The summed E-state index contributed by atoms with van der Waals surface area (Å²) in [5.41, 5.74) is 4.28. The highest BCUT2D eigenvalue weighted by Gasteiger charge is 2.14. The molecular formula is C20H13N4O3-. The van der Waals surface area contributed by atoms with E-state index in [9.17, 15) is 15.2 Å². The number of nitrogens with one attached hydrogen (secondary N) is 1. The Balaban J connectivity index is 1.73. The van der Waals surface area contributed by atoms with Crippen molar-refractivity contribution in [2.75, 3.05) is 5.43 Å². The van der Waals surface area contributed by atoms with Crippen LogP contribution in [-0.4, -0.2) is 16.1 Å². The summed E-state index contributed by atoms with van der Waals surface area (Å²) in [7, 11) is 0. The molecule has 1 N–H and O–H groups in total. The van der Waals surface area contributed by atoms with Crippen molar-refractivity contribution >= 4 is 39.3 Å². The molecule has 0 spiro atoms. The molecule has 0 atom stereocenters. The van der Waals surface area contributed by atoms with Crippen molar-refractivity contribution < 1.29 is 10.0 Å². The minimum absolute atomic E-state index is 0.126. The number of anilines is 1. The van der Waals surface area contributed by atoms with Crippen molar-refractivity contribution in [3.63, 3.8) is 0 Å². The van der Waals surface area contributed by atoms with Crippen LogP contribution in [0.3, 0.4) is 0 Å². The molecule has 0 radical (unpaired) electrons. The number of non-ortho nitro benzene ring substituents is 1. The predicted molar refractivity (Wildman–Crippen MR) is 103 cm³/mol. The van der Waals surface area contributed by atoms with Crippen LogP contribution in [0.1, 0.15) is 5.56 Å². The van der Waals surface area contributed by atoms with Gasteiger partial charge in [-0.05, 0) is 29.1 Å². The number of rotatable bonds is 4. The molecule has 0 aliphatic heterocycles. The minimum Gasteiger partial charge on any atom is -0.872 e. The second-order valence-electron chi connectivity index (χ2n) is 5.87. The van der Waals surface area contributed by atoms with E-state index < -0.39 is 4.92 Å². The minimum atomic E-state index is -0.499. The first-order valence-corrected chi connectivity index (χ1v) is 8.15. The summed E-state index contributed by atoms with van der Waals surface area (Å²) in [5.74, 6) is -0.308. The van der Waals surface area contributed by atoms with E-state index >= 15 is 0 Å². The molecule has 3 aromatic carbocycles. The third kappa shape index (κ3) is 3.02. The van der Waals surface area contributed by atoms with Gasteiger partial charge in [-0.15, -0.1) is 0 Å². The maximum absolute atomic E-state index is 12.6. The summed E-state index contributed by atoms with van der Waals surface area (Å²) >= 11 is 0. The molecule has 0 saturated heterocycles. The lowest BCUT2D eigenvalue weighted by molar-refractivity contribution is -0.383. The Morgan fingerprint density at radius 1 is 1.04 bits per heavy atom. The number of benzene rings is 3. The quantitative estimate of drug-likeness (QED) is 0.340. The Kier molecular flexibility index (Phi) is 4.10. The molecule has 0 amide bonds. The van der Waals surface area contributed by atoms with Crippen LogP contribution in [0.15, 0.2) is 72.0 Å². The molecule has 27 heavy (non-hydrogen) atoms. The van der Waals surface area contributed by atoms with E-state index in [2.05, 4.69) is 15.5 Å². The van der Waals surface area contributed by atoms with Crippen molar-refractivity contribution in [1.29, 1.82) is 0 Å². The van der Waals surface area contributed by atoms with Crippen LogP contribution in [0, 0.1) is 10.1 Å². The van der Waals surface area contributed by atoms with Crippen LogP contribution in [0.4, 0.5) is 11.4 Å². The number of hydrogen-bond acceptors (Lipinski definition) is 6. The number of nitrogens with zero attached hydrogens (tertiary/aromatic N) is 3. The largest absolute Gasteiger partial charge is 0.872 e. The lowest BCUT2D eigenvalue weighted by Gasteiger charge is -2.14. The zero-order chi connectivity index (χ0) is 18.8. The second-order valence-corrected chi connectivity index (χ2v) is 5.87. The van der Waals surface area contributed by atoms with Gasteiger partial charge in [-0.3, -0.25) is 20.5 Å². The highest BCUT2D eigenvalue weighted by atomic mass is 16.6. The number of para-hydroxylation sites is 1. The fourth-order valence-electron chi connectivity index (χ4n) is 2.96. The van der Waals surface area contributed by atoms with Crippen LogP contribution in [0.5, 0.6) is 5.75 Å². The highest BCUT2D eigenvalue weighted by Crippen LogP contribution is 2.33. The molecule has 4 rings (SSSR count). The zero-order valence-electron chi connectivity index (χ0n) is 14.0. The van der Waals surface area contributed by atoms with Gasteiger partial charge in [-0.2, -0.15) is 5.10 Å². The molecular weight excluding hydrogens is 344 g/mol. The summed E-state index contributed by atoms with van der Waals surface area (Å²) in [6.07, 6.45) is 2.98. The normalized spacial score (nSPS) is 11.3. The van der Waals surface area contributed by atoms with E-state index in [1.807, 2.05) is 30.3 Å². The first-order valence-electron chi connectivity index (χ1n) is 8.15. The van der Waals surface area contributed by atoms with E-state index in [1.54, 1.807) is 30.5 Å². The van der Waals surface area contributed by atoms with E-state index in [4.69, 9.17) is 0 Å². The maximum Gasteiger partial charge on any atom is 0.277 e. The molecule has 0 aliphatic carbocycles. The third-order valence-corrected chi connectivity index (χ3v) is 4.22. The SMILES string of the molecule is O=[N+]([O-])c1cc(/C=N\Nc2cccc3cccnc23)c([O-])c2ccccc12. The lowest BCUT2D eigenvalue weighted by atomic mass is 10.0. The molecule has 0 unspecified atom stereocenters. The summed E-state index contributed by atoms with van der Waals surface area (Å²) in [5, 5.41) is 29.6. The van der Waals surface area contributed by atoms with E-state index in [0.29, 0.717) is 16.5 Å². The lowest BCUT2D eigenvalue weighted by Crippen LogP contribution is -2.02. The van der Waals surface area contributed by atoms with Gasteiger partial charge in [0.2, 0.25) is 0 Å².